The minimum Gasteiger partial charge on any atom is -0.377 e. The first-order valence-electron chi connectivity index (χ1n) is 6.26. The van der Waals surface area contributed by atoms with Crippen molar-refractivity contribution in [2.45, 2.75) is 38.3 Å². The fourth-order valence-electron chi connectivity index (χ4n) is 2.24. The maximum atomic E-state index is 5.67. The molecule has 1 N–H and O–H groups in total. The molecular formula is C13H21N3OS. The van der Waals surface area contributed by atoms with E-state index in [-0.39, 0.29) is 11.6 Å². The SMILES string of the molecule is CCC(C)(OC)C(Cc1cn2ccsc2n1)NC. The van der Waals surface area contributed by atoms with E-state index in [9.17, 15) is 0 Å². The van der Waals surface area contributed by atoms with Crippen LogP contribution in [0.1, 0.15) is 26.0 Å². The molecule has 4 nitrogen and oxygen atoms in total. The molecule has 2 rings (SSSR count). The van der Waals surface area contributed by atoms with E-state index in [1.807, 2.05) is 18.6 Å². The second-order valence-electron chi connectivity index (χ2n) is 4.74. The molecule has 18 heavy (non-hydrogen) atoms. The maximum absolute atomic E-state index is 5.67. The van der Waals surface area contributed by atoms with Gasteiger partial charge in [-0.05, 0) is 20.4 Å². The second kappa shape index (κ2) is 5.38. The fraction of sp³-hybridized carbons (Fsp3) is 0.615. The summed E-state index contributed by atoms with van der Waals surface area (Å²) >= 11 is 1.66. The van der Waals surface area contributed by atoms with E-state index in [1.54, 1.807) is 18.4 Å². The zero-order valence-electron chi connectivity index (χ0n) is 11.4. The van der Waals surface area contributed by atoms with Crippen LogP contribution < -0.4 is 5.32 Å². The average Bonchev–Trinajstić information content (AvgIpc) is 2.95. The first-order valence-corrected chi connectivity index (χ1v) is 7.14. The number of rotatable bonds is 6. The number of methoxy groups -OCH3 is 1. The van der Waals surface area contributed by atoms with Gasteiger partial charge >= 0.3 is 0 Å². The van der Waals surface area contributed by atoms with Crippen LogP contribution in [0, 0.1) is 0 Å². The Hall–Kier alpha value is -0.910. The predicted octanol–water partition coefficient (Wildman–Crippen LogP) is 2.34. The molecule has 0 spiro atoms. The highest BCUT2D eigenvalue weighted by molar-refractivity contribution is 7.15. The van der Waals surface area contributed by atoms with Crippen molar-refractivity contribution in [3.63, 3.8) is 0 Å². The summed E-state index contributed by atoms with van der Waals surface area (Å²) in [5.74, 6) is 0. The van der Waals surface area contributed by atoms with E-state index < -0.39 is 0 Å². The molecule has 5 heteroatoms. The van der Waals surface area contributed by atoms with E-state index in [4.69, 9.17) is 4.74 Å². The number of thiazole rings is 1. The van der Waals surface area contributed by atoms with Crippen molar-refractivity contribution < 1.29 is 4.74 Å². The Bertz CT molecular complexity index is 473. The monoisotopic (exact) mass is 267 g/mol. The summed E-state index contributed by atoms with van der Waals surface area (Å²) in [6, 6.07) is 0.261. The van der Waals surface area contributed by atoms with E-state index in [0.717, 1.165) is 23.5 Å². The Morgan fingerprint density at radius 1 is 1.61 bits per heavy atom. The quantitative estimate of drug-likeness (QED) is 0.873. The van der Waals surface area contributed by atoms with E-state index in [2.05, 4.69) is 34.7 Å². The lowest BCUT2D eigenvalue weighted by atomic mass is 9.90. The van der Waals surface area contributed by atoms with Gasteiger partial charge in [-0.3, -0.25) is 4.40 Å². The highest BCUT2D eigenvalue weighted by Crippen LogP contribution is 2.22. The van der Waals surface area contributed by atoms with Crippen molar-refractivity contribution in [1.82, 2.24) is 14.7 Å². The van der Waals surface area contributed by atoms with Gasteiger partial charge in [0.1, 0.15) is 0 Å². The number of nitrogens with zero attached hydrogens (tertiary/aromatic N) is 2. The molecule has 2 aromatic heterocycles. The normalized spacial score (nSPS) is 16.9. The van der Waals surface area contributed by atoms with E-state index >= 15 is 0 Å². The van der Waals surface area contributed by atoms with Crippen LogP contribution in [0.25, 0.3) is 4.96 Å². The van der Waals surface area contributed by atoms with Gasteiger partial charge in [0.05, 0.1) is 11.3 Å². The zero-order valence-corrected chi connectivity index (χ0v) is 12.3. The molecule has 2 atom stereocenters. The predicted molar refractivity (Wildman–Crippen MR) is 75.3 cm³/mol. The summed E-state index contributed by atoms with van der Waals surface area (Å²) in [4.78, 5) is 5.68. The smallest absolute Gasteiger partial charge is 0.193 e. The van der Waals surface area contributed by atoms with Crippen LogP contribution in [-0.4, -0.2) is 35.2 Å². The third kappa shape index (κ3) is 2.43. The Labute approximate surface area is 112 Å². The van der Waals surface area contributed by atoms with Crippen molar-refractivity contribution >= 4 is 16.3 Å². The zero-order chi connectivity index (χ0) is 13.2. The lowest BCUT2D eigenvalue weighted by molar-refractivity contribution is -0.0270. The molecule has 0 aliphatic carbocycles. The Morgan fingerprint density at radius 3 is 2.94 bits per heavy atom. The van der Waals surface area contributed by atoms with Crippen molar-refractivity contribution in [3.8, 4) is 0 Å². The maximum Gasteiger partial charge on any atom is 0.193 e. The number of aromatic nitrogens is 2. The van der Waals surface area contributed by atoms with Crippen molar-refractivity contribution in [1.29, 1.82) is 0 Å². The van der Waals surface area contributed by atoms with Gasteiger partial charge in [0.15, 0.2) is 4.96 Å². The number of imidazole rings is 1. The number of likely N-dealkylation sites (N-methyl/N-ethyl adjacent to an activating group) is 1. The molecule has 0 radical (unpaired) electrons. The first-order chi connectivity index (χ1) is 8.62. The highest BCUT2D eigenvalue weighted by Gasteiger charge is 2.32. The number of nitrogens with one attached hydrogen (secondary N) is 1. The van der Waals surface area contributed by atoms with Crippen LogP contribution in [0.4, 0.5) is 0 Å². The van der Waals surface area contributed by atoms with Gasteiger partial charge in [-0.25, -0.2) is 4.98 Å². The number of ether oxygens (including phenoxy) is 1. The summed E-state index contributed by atoms with van der Waals surface area (Å²) in [7, 11) is 3.76. The van der Waals surface area contributed by atoms with Crippen LogP contribution in [0.5, 0.6) is 0 Å². The standard InChI is InChI=1S/C13H21N3OS/c1-5-13(2,17-4)11(14-3)8-10-9-16-6-7-18-12(16)15-10/h6-7,9,11,14H,5,8H2,1-4H3. The largest absolute Gasteiger partial charge is 0.377 e. The second-order valence-corrected chi connectivity index (χ2v) is 5.61. The van der Waals surface area contributed by atoms with Crippen LogP contribution >= 0.6 is 11.3 Å². The topological polar surface area (TPSA) is 38.6 Å². The molecule has 0 fully saturated rings. The molecular weight excluding hydrogens is 246 g/mol. The molecule has 0 saturated carbocycles. The summed E-state index contributed by atoms with van der Waals surface area (Å²) < 4.78 is 7.75. The van der Waals surface area contributed by atoms with Gasteiger partial charge in [-0.1, -0.05) is 6.92 Å². The summed E-state index contributed by atoms with van der Waals surface area (Å²) in [5.41, 5.74) is 0.948. The Kier molecular flexibility index (Phi) is 4.04. The molecule has 100 valence electrons. The van der Waals surface area contributed by atoms with Gasteiger partial charge < -0.3 is 10.1 Å². The third-order valence-electron chi connectivity index (χ3n) is 3.81. The lowest BCUT2D eigenvalue weighted by Gasteiger charge is -2.35. The molecule has 2 aromatic rings. The van der Waals surface area contributed by atoms with Gasteiger partial charge in [0.25, 0.3) is 0 Å². The van der Waals surface area contributed by atoms with Crippen molar-refractivity contribution in [2.24, 2.45) is 0 Å². The van der Waals surface area contributed by atoms with Crippen molar-refractivity contribution in [2.75, 3.05) is 14.2 Å². The molecule has 0 saturated heterocycles. The van der Waals surface area contributed by atoms with Gasteiger partial charge in [0, 0.05) is 37.3 Å². The number of hydrogen-bond acceptors (Lipinski definition) is 4. The first kappa shape index (κ1) is 13.5. The molecule has 0 bridgehead atoms. The van der Waals surface area contributed by atoms with Crippen molar-refractivity contribution in [3.05, 3.63) is 23.5 Å². The molecule has 0 aliphatic rings. The van der Waals surface area contributed by atoms with Crippen LogP contribution in [0.3, 0.4) is 0 Å². The van der Waals surface area contributed by atoms with Gasteiger partial charge in [-0.2, -0.15) is 0 Å². The molecule has 0 aromatic carbocycles. The van der Waals surface area contributed by atoms with Crippen LogP contribution in [0.2, 0.25) is 0 Å². The summed E-state index contributed by atoms with van der Waals surface area (Å²) in [6.45, 7) is 4.30. The molecule has 0 aliphatic heterocycles. The van der Waals surface area contributed by atoms with E-state index in [1.165, 1.54) is 0 Å². The fourth-order valence-corrected chi connectivity index (χ4v) is 2.96. The Morgan fingerprint density at radius 2 is 2.39 bits per heavy atom. The highest BCUT2D eigenvalue weighted by atomic mass is 32.1. The number of hydrogen-bond donors (Lipinski definition) is 1. The number of fused-ring (bicyclic) bond motifs is 1. The minimum absolute atomic E-state index is 0.161. The summed E-state index contributed by atoms with van der Waals surface area (Å²) in [6.07, 6.45) is 5.99. The third-order valence-corrected chi connectivity index (χ3v) is 4.58. The minimum atomic E-state index is -0.161. The van der Waals surface area contributed by atoms with Crippen LogP contribution in [-0.2, 0) is 11.2 Å². The van der Waals surface area contributed by atoms with Crippen LogP contribution in [0.15, 0.2) is 17.8 Å². The molecule has 2 unspecified atom stereocenters. The van der Waals surface area contributed by atoms with E-state index in [0.29, 0.717) is 0 Å². The molecule has 2 heterocycles. The lowest BCUT2D eigenvalue weighted by Crippen LogP contribution is -2.49. The van der Waals surface area contributed by atoms with Gasteiger partial charge in [0.2, 0.25) is 0 Å². The Balaban J connectivity index is 2.17. The summed E-state index contributed by atoms with van der Waals surface area (Å²) in [5, 5.41) is 5.41. The average molecular weight is 267 g/mol. The molecule has 0 amide bonds. The van der Waals surface area contributed by atoms with Gasteiger partial charge in [-0.15, -0.1) is 11.3 Å².